The lowest BCUT2D eigenvalue weighted by Crippen LogP contribution is -2.25. The summed E-state index contributed by atoms with van der Waals surface area (Å²) in [6.45, 7) is 1.98. The number of ketones is 1. The second kappa shape index (κ2) is 5.36. The summed E-state index contributed by atoms with van der Waals surface area (Å²) in [5.41, 5.74) is 1.58. The van der Waals surface area contributed by atoms with Gasteiger partial charge in [0.1, 0.15) is 5.82 Å². The topological polar surface area (TPSA) is 20.9 Å². The Balaban J connectivity index is 2.14. The first-order valence-corrected chi connectivity index (χ1v) is 5.61. The van der Waals surface area contributed by atoms with E-state index in [9.17, 15) is 9.18 Å². The van der Waals surface area contributed by atoms with E-state index < -0.39 is 0 Å². The van der Waals surface area contributed by atoms with Crippen LogP contribution in [0.25, 0.3) is 6.20 Å². The molecule has 0 saturated carbocycles. The predicted molar refractivity (Wildman–Crippen MR) is 67.4 cm³/mol. The summed E-state index contributed by atoms with van der Waals surface area (Å²) in [7, 11) is 0. The quantitative estimate of drug-likeness (QED) is 0.460. The Morgan fingerprint density at radius 1 is 1.22 bits per heavy atom. The Hall–Kier alpha value is -2.29. The van der Waals surface area contributed by atoms with Crippen molar-refractivity contribution in [1.29, 1.82) is 0 Å². The fourth-order valence-corrected chi connectivity index (χ4v) is 1.57. The van der Waals surface area contributed by atoms with Crippen molar-refractivity contribution >= 4 is 12.0 Å². The van der Waals surface area contributed by atoms with Crippen molar-refractivity contribution in [2.24, 2.45) is 0 Å². The molecule has 0 unspecified atom stereocenters. The molecule has 0 fully saturated rings. The highest BCUT2D eigenvalue weighted by atomic mass is 19.1. The van der Waals surface area contributed by atoms with E-state index in [0.29, 0.717) is 5.56 Å². The lowest BCUT2D eigenvalue weighted by molar-refractivity contribution is -0.568. The van der Waals surface area contributed by atoms with Crippen LogP contribution in [0, 0.1) is 12.7 Å². The molecule has 2 aromatic rings. The number of allylic oxidation sites excluding steroid dienone is 1. The molecule has 0 atom stereocenters. The van der Waals surface area contributed by atoms with E-state index in [4.69, 9.17) is 0 Å². The highest BCUT2D eigenvalue weighted by Gasteiger charge is 2.03. The molecule has 0 spiro atoms. The minimum Gasteiger partial charge on any atom is -0.289 e. The van der Waals surface area contributed by atoms with Gasteiger partial charge >= 0.3 is 0 Å². The number of nitrogens with zero attached hydrogens (tertiary/aromatic N) is 1. The molecule has 2 nitrogen and oxygen atoms in total. The molecule has 0 N–H and O–H groups in total. The largest absolute Gasteiger partial charge is 0.289 e. The third-order valence-corrected chi connectivity index (χ3v) is 2.50. The number of carbonyl (C=O) groups is 1. The number of carbonyl (C=O) groups excluding carboxylic acids is 1. The highest BCUT2D eigenvalue weighted by molar-refractivity contribution is 6.05. The zero-order valence-electron chi connectivity index (χ0n) is 10.0. The van der Waals surface area contributed by atoms with Crippen molar-refractivity contribution in [1.82, 2.24) is 0 Å². The molecule has 0 amide bonds. The number of aromatic nitrogens is 1. The fourth-order valence-electron chi connectivity index (χ4n) is 1.57. The summed E-state index contributed by atoms with van der Waals surface area (Å²) in [5, 5.41) is 0. The van der Waals surface area contributed by atoms with Gasteiger partial charge < -0.3 is 0 Å². The minimum atomic E-state index is -0.344. The number of rotatable bonds is 3. The maximum absolute atomic E-state index is 12.7. The van der Waals surface area contributed by atoms with E-state index in [2.05, 4.69) is 0 Å². The van der Waals surface area contributed by atoms with Gasteiger partial charge in [-0.25, -0.2) is 4.39 Å². The molecule has 0 aliphatic heterocycles. The molecule has 0 bridgehead atoms. The lowest BCUT2D eigenvalue weighted by atomic mass is 10.1. The standard InChI is InChI=1S/C15H13FNO/c1-12-3-2-9-17(11-12)10-8-15(18)13-4-6-14(16)7-5-13/h2-11H,1H3/q+1/b10-8+. The van der Waals surface area contributed by atoms with Gasteiger partial charge in [0.15, 0.2) is 24.4 Å². The zero-order chi connectivity index (χ0) is 13.0. The van der Waals surface area contributed by atoms with Crippen LogP contribution in [-0.2, 0) is 0 Å². The van der Waals surface area contributed by atoms with Crippen LogP contribution in [-0.4, -0.2) is 5.78 Å². The van der Waals surface area contributed by atoms with Crippen molar-refractivity contribution in [2.75, 3.05) is 0 Å². The molecule has 2 rings (SSSR count). The Bertz CT molecular complexity index is 588. The second-order valence-electron chi connectivity index (χ2n) is 4.02. The van der Waals surface area contributed by atoms with Crippen LogP contribution in [0.3, 0.4) is 0 Å². The smallest absolute Gasteiger partial charge is 0.191 e. The molecule has 18 heavy (non-hydrogen) atoms. The molecule has 1 heterocycles. The average Bonchev–Trinajstić information content (AvgIpc) is 2.37. The highest BCUT2D eigenvalue weighted by Crippen LogP contribution is 2.04. The Labute approximate surface area is 105 Å². The van der Waals surface area contributed by atoms with Gasteiger partial charge in [0.05, 0.1) is 6.08 Å². The molecule has 1 aromatic carbocycles. The molecule has 0 radical (unpaired) electrons. The van der Waals surface area contributed by atoms with E-state index in [0.717, 1.165) is 5.56 Å². The molecule has 3 heteroatoms. The maximum atomic E-state index is 12.7. The predicted octanol–water partition coefficient (Wildman–Crippen LogP) is 2.78. The Kier molecular flexibility index (Phi) is 3.63. The van der Waals surface area contributed by atoms with Crippen LogP contribution in [0.1, 0.15) is 15.9 Å². The Morgan fingerprint density at radius 2 is 1.94 bits per heavy atom. The van der Waals surface area contributed by atoms with E-state index in [1.807, 2.05) is 31.5 Å². The number of hydrogen-bond acceptors (Lipinski definition) is 1. The molecule has 0 aliphatic carbocycles. The zero-order valence-corrected chi connectivity index (χ0v) is 10.0. The third-order valence-electron chi connectivity index (χ3n) is 2.50. The first-order valence-electron chi connectivity index (χ1n) is 5.61. The van der Waals surface area contributed by atoms with Gasteiger partial charge in [-0.05, 0) is 37.3 Å². The van der Waals surface area contributed by atoms with E-state index >= 15 is 0 Å². The lowest BCUT2D eigenvalue weighted by Gasteiger charge is -1.94. The van der Waals surface area contributed by atoms with Gasteiger partial charge in [-0.15, -0.1) is 0 Å². The van der Waals surface area contributed by atoms with Gasteiger partial charge in [0.25, 0.3) is 0 Å². The molecule has 1 aromatic heterocycles. The van der Waals surface area contributed by atoms with Gasteiger partial charge in [0, 0.05) is 17.2 Å². The summed E-state index contributed by atoms with van der Waals surface area (Å²) in [5.74, 6) is -0.493. The number of pyridine rings is 1. The SMILES string of the molecule is Cc1ccc[n+](/C=C/C(=O)c2ccc(F)cc2)c1. The van der Waals surface area contributed by atoms with Crippen molar-refractivity contribution in [3.05, 3.63) is 71.8 Å². The van der Waals surface area contributed by atoms with Gasteiger partial charge in [-0.2, -0.15) is 4.57 Å². The summed E-state index contributed by atoms with van der Waals surface area (Å²) in [6, 6.07) is 9.39. The van der Waals surface area contributed by atoms with Crippen molar-refractivity contribution in [2.45, 2.75) is 6.92 Å². The van der Waals surface area contributed by atoms with Crippen LogP contribution in [0.2, 0.25) is 0 Å². The van der Waals surface area contributed by atoms with E-state index in [-0.39, 0.29) is 11.6 Å². The number of benzene rings is 1. The van der Waals surface area contributed by atoms with Crippen molar-refractivity contribution in [3.63, 3.8) is 0 Å². The number of hydrogen-bond donors (Lipinski definition) is 0. The van der Waals surface area contributed by atoms with Gasteiger partial charge in [-0.1, -0.05) is 0 Å². The van der Waals surface area contributed by atoms with Crippen LogP contribution in [0.4, 0.5) is 4.39 Å². The van der Waals surface area contributed by atoms with Crippen LogP contribution in [0.5, 0.6) is 0 Å². The number of halogens is 1. The first kappa shape index (κ1) is 12.2. The molecular weight excluding hydrogens is 229 g/mol. The Morgan fingerprint density at radius 3 is 2.61 bits per heavy atom. The summed E-state index contributed by atoms with van der Waals surface area (Å²) >= 11 is 0. The minimum absolute atomic E-state index is 0.149. The molecule has 0 aliphatic rings. The summed E-state index contributed by atoms with van der Waals surface area (Å²) in [4.78, 5) is 11.8. The average molecular weight is 242 g/mol. The first-order chi connectivity index (χ1) is 8.65. The normalized spacial score (nSPS) is 10.8. The van der Waals surface area contributed by atoms with Crippen molar-refractivity contribution < 1.29 is 13.8 Å². The molecule has 90 valence electrons. The van der Waals surface area contributed by atoms with E-state index in [1.165, 1.54) is 30.3 Å². The van der Waals surface area contributed by atoms with Crippen LogP contribution in [0.15, 0.2) is 54.9 Å². The summed E-state index contributed by atoms with van der Waals surface area (Å²) < 4.78 is 14.5. The van der Waals surface area contributed by atoms with Crippen LogP contribution >= 0.6 is 0 Å². The maximum Gasteiger partial charge on any atom is 0.191 e. The molecule has 0 saturated heterocycles. The fraction of sp³-hybridized carbons (Fsp3) is 0.0667. The summed E-state index contributed by atoms with van der Waals surface area (Å²) in [6.07, 6.45) is 6.90. The van der Waals surface area contributed by atoms with Crippen molar-refractivity contribution in [3.8, 4) is 0 Å². The monoisotopic (exact) mass is 242 g/mol. The van der Waals surface area contributed by atoms with E-state index in [1.54, 1.807) is 10.8 Å². The molecular formula is C15H13FNO+. The third kappa shape index (κ3) is 3.10. The number of aryl methyl sites for hydroxylation is 1. The van der Waals surface area contributed by atoms with Gasteiger partial charge in [-0.3, -0.25) is 4.79 Å². The van der Waals surface area contributed by atoms with Gasteiger partial charge in [0.2, 0.25) is 0 Å². The van der Waals surface area contributed by atoms with Crippen LogP contribution < -0.4 is 4.57 Å². The second-order valence-corrected chi connectivity index (χ2v) is 4.02.